The average molecular weight is 199 g/mol. The van der Waals surface area contributed by atoms with Gasteiger partial charge in [-0.05, 0) is 6.07 Å². The fraction of sp³-hybridized carbons (Fsp3) is 0.333. The number of hydrogen-bond donors (Lipinski definition) is 2. The molecule has 1 aromatic heterocycles. The Hall–Kier alpha value is -0.680. The van der Waals surface area contributed by atoms with Gasteiger partial charge >= 0.3 is 6.18 Å². The molecule has 0 saturated heterocycles. The number of aromatic nitrogens is 1. The lowest BCUT2D eigenvalue weighted by atomic mass is 10.1. The Morgan fingerprint density at radius 2 is 2.08 bits per heavy atom. The second-order valence-electron chi connectivity index (χ2n) is 2.27. The van der Waals surface area contributed by atoms with Crippen LogP contribution in [-0.4, -0.2) is 11.2 Å². The lowest BCUT2D eigenvalue weighted by Crippen LogP contribution is -2.28. The lowest BCUT2D eigenvalue weighted by Gasteiger charge is -2.14. The van der Waals surface area contributed by atoms with Gasteiger partial charge in [-0.3, -0.25) is 0 Å². The first-order chi connectivity index (χ1) is 5.43. The predicted octanol–water partition coefficient (Wildman–Crippen LogP) is 2.23. The molecule has 0 radical (unpaired) electrons. The van der Waals surface area contributed by atoms with Crippen molar-refractivity contribution in [1.29, 1.82) is 0 Å². The van der Waals surface area contributed by atoms with E-state index in [1.54, 1.807) is 0 Å². The Morgan fingerprint density at radius 3 is 2.42 bits per heavy atom. The summed E-state index contributed by atoms with van der Waals surface area (Å²) in [6.45, 7) is 0. The van der Waals surface area contributed by atoms with Crippen LogP contribution < -0.4 is 5.73 Å². The number of alkyl halides is 3. The summed E-state index contributed by atoms with van der Waals surface area (Å²) >= 11 is 5.41. The van der Waals surface area contributed by atoms with Crippen LogP contribution in [0.15, 0.2) is 12.3 Å². The summed E-state index contributed by atoms with van der Waals surface area (Å²) < 4.78 is 36.0. The predicted molar refractivity (Wildman–Crippen MR) is 38.8 cm³/mol. The molecule has 68 valence electrons. The van der Waals surface area contributed by atoms with Gasteiger partial charge in [-0.15, -0.1) is 0 Å². The van der Waals surface area contributed by atoms with Crippen molar-refractivity contribution >= 4 is 11.6 Å². The summed E-state index contributed by atoms with van der Waals surface area (Å²) in [5.74, 6) is 0. The molecule has 0 aliphatic carbocycles. The minimum atomic E-state index is -4.45. The maximum Gasteiger partial charge on any atom is 0.407 e. The lowest BCUT2D eigenvalue weighted by molar-refractivity contribution is -0.149. The molecule has 0 aliphatic rings. The number of hydrogen-bond acceptors (Lipinski definition) is 1. The second kappa shape index (κ2) is 2.99. The van der Waals surface area contributed by atoms with Crippen molar-refractivity contribution in [3.63, 3.8) is 0 Å². The zero-order valence-electron chi connectivity index (χ0n) is 5.82. The fourth-order valence-electron chi connectivity index (χ4n) is 0.778. The molecule has 6 heteroatoms. The van der Waals surface area contributed by atoms with Crippen molar-refractivity contribution < 1.29 is 13.2 Å². The highest BCUT2D eigenvalue weighted by Gasteiger charge is 2.39. The summed E-state index contributed by atoms with van der Waals surface area (Å²) in [5, 5.41) is -0.0696. The summed E-state index contributed by atoms with van der Waals surface area (Å²) in [7, 11) is 0. The monoisotopic (exact) mass is 198 g/mol. The quantitative estimate of drug-likeness (QED) is 0.714. The highest BCUT2D eigenvalue weighted by Crippen LogP contribution is 2.33. The van der Waals surface area contributed by atoms with E-state index in [0.717, 1.165) is 0 Å². The highest BCUT2D eigenvalue weighted by molar-refractivity contribution is 6.30. The third-order valence-electron chi connectivity index (χ3n) is 1.41. The molecule has 1 rings (SSSR count). The average Bonchev–Trinajstić information content (AvgIpc) is 2.31. The van der Waals surface area contributed by atoms with E-state index in [9.17, 15) is 13.2 Å². The van der Waals surface area contributed by atoms with Crippen LogP contribution in [0.25, 0.3) is 0 Å². The number of nitrogens with one attached hydrogen (secondary N) is 1. The molecule has 0 fully saturated rings. The van der Waals surface area contributed by atoms with Gasteiger partial charge in [-0.1, -0.05) is 11.6 Å². The third kappa shape index (κ3) is 1.73. The van der Waals surface area contributed by atoms with Crippen LogP contribution >= 0.6 is 11.6 Å². The molecule has 0 aliphatic heterocycles. The van der Waals surface area contributed by atoms with Crippen molar-refractivity contribution in [2.45, 2.75) is 12.2 Å². The Balaban J connectivity index is 2.92. The van der Waals surface area contributed by atoms with Gasteiger partial charge in [0.2, 0.25) is 0 Å². The number of nitrogens with two attached hydrogens (primary N) is 1. The molecule has 2 nitrogen and oxygen atoms in total. The van der Waals surface area contributed by atoms with Crippen molar-refractivity contribution in [2.75, 3.05) is 0 Å². The maximum absolute atomic E-state index is 12.0. The molecule has 0 saturated carbocycles. The fourth-order valence-corrected chi connectivity index (χ4v) is 1.02. The van der Waals surface area contributed by atoms with Crippen LogP contribution in [0, 0.1) is 0 Å². The molecule has 0 spiro atoms. The Bertz CT molecular complexity index is 268. The van der Waals surface area contributed by atoms with Crippen molar-refractivity contribution in [2.24, 2.45) is 5.73 Å². The molecular weight excluding hydrogens is 193 g/mol. The molecule has 0 aromatic carbocycles. The van der Waals surface area contributed by atoms with Crippen molar-refractivity contribution in [3.05, 3.63) is 23.0 Å². The standard InChI is InChI=1S/C6H6ClF3N2/c7-5-3(1-2-12-5)4(11)6(8,9)10/h1-2,4,12H,11H2. The van der Waals surface area contributed by atoms with Crippen LogP contribution in [0.2, 0.25) is 5.15 Å². The summed E-state index contributed by atoms with van der Waals surface area (Å²) in [5.41, 5.74) is 4.75. The van der Waals surface area contributed by atoms with Gasteiger partial charge in [0.05, 0.1) is 0 Å². The summed E-state index contributed by atoms with van der Waals surface area (Å²) in [4.78, 5) is 2.41. The molecule has 1 heterocycles. The Labute approximate surface area is 71.5 Å². The van der Waals surface area contributed by atoms with E-state index in [0.29, 0.717) is 0 Å². The first-order valence-electron chi connectivity index (χ1n) is 3.08. The van der Waals surface area contributed by atoms with Crippen LogP contribution in [-0.2, 0) is 0 Å². The Morgan fingerprint density at radius 1 is 1.50 bits per heavy atom. The summed E-state index contributed by atoms with van der Waals surface area (Å²) in [6.07, 6.45) is -3.14. The SMILES string of the molecule is NC(c1cc[nH]c1Cl)C(F)(F)F. The van der Waals surface area contributed by atoms with Crippen molar-refractivity contribution in [3.8, 4) is 0 Å². The second-order valence-corrected chi connectivity index (χ2v) is 2.64. The third-order valence-corrected chi connectivity index (χ3v) is 1.74. The van der Waals surface area contributed by atoms with E-state index >= 15 is 0 Å². The van der Waals surface area contributed by atoms with E-state index in [1.807, 2.05) is 0 Å². The molecule has 0 amide bonds. The van der Waals surface area contributed by atoms with Gasteiger partial charge in [0, 0.05) is 11.8 Å². The zero-order chi connectivity index (χ0) is 9.35. The van der Waals surface area contributed by atoms with Crippen LogP contribution in [0.4, 0.5) is 13.2 Å². The van der Waals surface area contributed by atoms with E-state index in [4.69, 9.17) is 17.3 Å². The number of H-pyrrole nitrogens is 1. The molecule has 1 aromatic rings. The molecule has 3 N–H and O–H groups in total. The maximum atomic E-state index is 12.0. The topological polar surface area (TPSA) is 41.8 Å². The highest BCUT2D eigenvalue weighted by atomic mass is 35.5. The smallest absolute Gasteiger partial charge is 0.352 e. The van der Waals surface area contributed by atoms with Gasteiger partial charge in [-0.2, -0.15) is 13.2 Å². The molecular formula is C6H6ClF3N2. The van der Waals surface area contributed by atoms with Crippen LogP contribution in [0.3, 0.4) is 0 Å². The van der Waals surface area contributed by atoms with E-state index in [-0.39, 0.29) is 10.7 Å². The van der Waals surface area contributed by atoms with Gasteiger partial charge in [0.25, 0.3) is 0 Å². The summed E-state index contributed by atoms with van der Waals surface area (Å²) in [6, 6.07) is -0.809. The van der Waals surface area contributed by atoms with Crippen LogP contribution in [0.5, 0.6) is 0 Å². The molecule has 1 atom stereocenters. The van der Waals surface area contributed by atoms with Crippen LogP contribution in [0.1, 0.15) is 11.6 Å². The number of aromatic amines is 1. The van der Waals surface area contributed by atoms with Crippen molar-refractivity contribution in [1.82, 2.24) is 4.98 Å². The Kier molecular flexibility index (Phi) is 2.34. The van der Waals surface area contributed by atoms with Gasteiger partial charge in [0.15, 0.2) is 0 Å². The van der Waals surface area contributed by atoms with E-state index in [2.05, 4.69) is 4.98 Å². The van der Waals surface area contributed by atoms with Gasteiger partial charge in [-0.25, -0.2) is 0 Å². The molecule has 12 heavy (non-hydrogen) atoms. The zero-order valence-corrected chi connectivity index (χ0v) is 6.58. The van der Waals surface area contributed by atoms with E-state index < -0.39 is 12.2 Å². The first kappa shape index (κ1) is 9.41. The van der Waals surface area contributed by atoms with E-state index in [1.165, 1.54) is 12.3 Å². The van der Waals surface area contributed by atoms with Gasteiger partial charge in [0.1, 0.15) is 11.2 Å². The van der Waals surface area contributed by atoms with Gasteiger partial charge < -0.3 is 10.7 Å². The normalized spacial score (nSPS) is 14.8. The first-order valence-corrected chi connectivity index (χ1v) is 3.46. The molecule has 0 bridgehead atoms. The number of rotatable bonds is 1. The largest absolute Gasteiger partial charge is 0.407 e. The number of halogens is 4. The molecule has 1 unspecified atom stereocenters. The minimum Gasteiger partial charge on any atom is -0.352 e. The minimum absolute atomic E-state index is 0.0696.